The number of para-hydroxylation sites is 1. The highest BCUT2D eigenvalue weighted by Crippen LogP contribution is 2.52. The molecule has 1 aliphatic heterocycles. The van der Waals surface area contributed by atoms with Crippen LogP contribution in [-0.2, 0) is 6.42 Å². The number of fused-ring (bicyclic) bond motifs is 4. The first-order valence-corrected chi connectivity index (χ1v) is 14.7. The van der Waals surface area contributed by atoms with Crippen molar-refractivity contribution in [3.63, 3.8) is 0 Å². The Balaban J connectivity index is 1.31. The first-order valence-electron chi connectivity index (χ1n) is 14.7. The van der Waals surface area contributed by atoms with Crippen molar-refractivity contribution in [3.05, 3.63) is 144 Å². The van der Waals surface area contributed by atoms with E-state index in [4.69, 9.17) is 0 Å². The topological polar surface area (TPSA) is 13.1 Å². The quantitative estimate of drug-likeness (QED) is 0.226. The zero-order valence-electron chi connectivity index (χ0n) is 23.5. The van der Waals surface area contributed by atoms with E-state index in [-0.39, 0.29) is 5.92 Å². The molecule has 3 heterocycles. The van der Waals surface area contributed by atoms with Crippen LogP contribution >= 0.6 is 0 Å². The van der Waals surface area contributed by atoms with E-state index in [0.717, 1.165) is 12.8 Å². The predicted molar refractivity (Wildman–Crippen MR) is 172 cm³/mol. The molecule has 41 heavy (non-hydrogen) atoms. The van der Waals surface area contributed by atoms with Gasteiger partial charge >= 0.3 is 0 Å². The van der Waals surface area contributed by atoms with E-state index < -0.39 is 0 Å². The summed E-state index contributed by atoms with van der Waals surface area (Å²) in [4.78, 5) is 2.48. The van der Waals surface area contributed by atoms with Crippen molar-refractivity contribution in [1.82, 2.24) is 9.13 Å². The Morgan fingerprint density at radius 3 is 2.39 bits per heavy atom. The molecule has 2 aliphatic carbocycles. The van der Waals surface area contributed by atoms with Crippen LogP contribution in [0.2, 0.25) is 0 Å². The smallest absolute Gasteiger partial charge is 0.0605 e. The number of hydrogen-bond donors (Lipinski definition) is 0. The summed E-state index contributed by atoms with van der Waals surface area (Å²) in [6, 6.07) is 26.7. The summed E-state index contributed by atoms with van der Waals surface area (Å²) < 4.78 is 4.67. The van der Waals surface area contributed by atoms with Crippen LogP contribution in [0.25, 0.3) is 34.4 Å². The number of rotatable bonds is 3. The molecule has 2 atom stereocenters. The highest BCUT2D eigenvalue weighted by Gasteiger charge is 2.35. The maximum absolute atomic E-state index is 2.48. The number of benzene rings is 3. The summed E-state index contributed by atoms with van der Waals surface area (Å²) in [7, 11) is 0. The number of aromatic nitrogens is 2. The molecule has 0 fully saturated rings. The average molecular weight is 532 g/mol. The van der Waals surface area contributed by atoms with Crippen molar-refractivity contribution in [2.75, 3.05) is 4.90 Å². The third kappa shape index (κ3) is 3.80. The van der Waals surface area contributed by atoms with E-state index in [1.54, 1.807) is 0 Å². The second-order valence-corrected chi connectivity index (χ2v) is 11.5. The van der Waals surface area contributed by atoms with E-state index in [1.165, 1.54) is 61.7 Å². The van der Waals surface area contributed by atoms with E-state index in [1.807, 2.05) is 0 Å². The molecule has 2 bridgehead atoms. The molecule has 3 aliphatic rings. The zero-order chi connectivity index (χ0) is 27.5. The predicted octanol–water partition coefficient (Wildman–Crippen LogP) is 9.74. The van der Waals surface area contributed by atoms with E-state index >= 15 is 0 Å². The van der Waals surface area contributed by atoms with Crippen molar-refractivity contribution >= 4 is 34.4 Å². The lowest BCUT2D eigenvalue weighted by Gasteiger charge is -2.23. The Bertz CT molecular complexity index is 1910. The molecule has 0 spiro atoms. The van der Waals surface area contributed by atoms with Crippen molar-refractivity contribution < 1.29 is 0 Å². The molecule has 3 heteroatoms. The summed E-state index contributed by atoms with van der Waals surface area (Å²) in [5.41, 5.74) is 12.9. The second kappa shape index (κ2) is 9.42. The lowest BCUT2D eigenvalue weighted by molar-refractivity contribution is 0.909. The Morgan fingerprint density at radius 2 is 1.54 bits per heavy atom. The number of aryl methyl sites for hydroxylation is 1. The minimum absolute atomic E-state index is 0.257. The maximum atomic E-state index is 2.48. The third-order valence-electron chi connectivity index (χ3n) is 8.94. The largest absolute Gasteiger partial charge is 0.317 e. The van der Waals surface area contributed by atoms with E-state index in [2.05, 4.69) is 156 Å². The van der Waals surface area contributed by atoms with Gasteiger partial charge in [0.1, 0.15) is 0 Å². The van der Waals surface area contributed by atoms with Gasteiger partial charge in [-0.1, -0.05) is 62.4 Å². The van der Waals surface area contributed by atoms with Crippen LogP contribution in [0.4, 0.5) is 11.4 Å². The lowest BCUT2D eigenvalue weighted by Crippen LogP contribution is -2.13. The average Bonchev–Trinajstić information content (AvgIpc) is 3.70. The van der Waals surface area contributed by atoms with Crippen molar-refractivity contribution in [2.45, 2.75) is 32.6 Å². The van der Waals surface area contributed by atoms with Gasteiger partial charge in [-0.15, -0.1) is 0 Å². The Kier molecular flexibility index (Phi) is 5.53. The normalized spacial score (nSPS) is 20.6. The highest BCUT2D eigenvalue weighted by molar-refractivity contribution is 5.99. The fraction of sp³-hybridized carbons (Fsp3) is 0.158. The van der Waals surface area contributed by atoms with Gasteiger partial charge in [0.15, 0.2) is 0 Å². The van der Waals surface area contributed by atoms with Crippen LogP contribution < -0.4 is 4.90 Å². The van der Waals surface area contributed by atoms with Crippen LogP contribution in [0.15, 0.2) is 121 Å². The van der Waals surface area contributed by atoms with Crippen molar-refractivity contribution in [1.29, 1.82) is 0 Å². The van der Waals surface area contributed by atoms with Crippen LogP contribution in [0.5, 0.6) is 0 Å². The third-order valence-corrected chi connectivity index (χ3v) is 8.94. The molecule has 3 aromatic carbocycles. The van der Waals surface area contributed by atoms with Crippen LogP contribution in [0, 0.1) is 5.92 Å². The summed E-state index contributed by atoms with van der Waals surface area (Å²) in [6.45, 7) is 4.61. The molecule has 0 saturated heterocycles. The van der Waals surface area contributed by atoms with Gasteiger partial charge < -0.3 is 14.0 Å². The molecule has 5 aromatic rings. The Morgan fingerprint density at radius 1 is 0.756 bits per heavy atom. The molecule has 0 N–H and O–H groups in total. The van der Waals surface area contributed by atoms with Crippen molar-refractivity contribution in [3.8, 4) is 11.4 Å². The summed E-state index contributed by atoms with van der Waals surface area (Å²) in [6.07, 6.45) is 22.8. The maximum Gasteiger partial charge on any atom is 0.0605 e. The summed E-state index contributed by atoms with van der Waals surface area (Å²) >= 11 is 0. The minimum atomic E-state index is 0.257. The van der Waals surface area contributed by atoms with Gasteiger partial charge in [-0.3, -0.25) is 0 Å². The zero-order valence-corrected chi connectivity index (χ0v) is 23.5. The number of nitrogens with zero attached hydrogens (tertiary/aromatic N) is 3. The molecular weight excluding hydrogens is 498 g/mol. The van der Waals surface area contributed by atoms with Gasteiger partial charge in [-0.25, -0.2) is 0 Å². The van der Waals surface area contributed by atoms with Crippen LogP contribution in [0.3, 0.4) is 0 Å². The fourth-order valence-electron chi connectivity index (χ4n) is 6.89. The number of allylic oxidation sites excluding steroid dienone is 6. The minimum Gasteiger partial charge on any atom is -0.317 e. The van der Waals surface area contributed by atoms with E-state index in [0.29, 0.717) is 5.92 Å². The van der Waals surface area contributed by atoms with Gasteiger partial charge in [0.25, 0.3) is 0 Å². The first kappa shape index (κ1) is 24.1. The highest BCUT2D eigenvalue weighted by atomic mass is 15.2. The van der Waals surface area contributed by atoms with Crippen LogP contribution in [-0.4, -0.2) is 9.13 Å². The van der Waals surface area contributed by atoms with Gasteiger partial charge in [-0.2, -0.15) is 0 Å². The van der Waals surface area contributed by atoms with Gasteiger partial charge in [0.2, 0.25) is 0 Å². The fourth-order valence-corrected chi connectivity index (χ4v) is 6.89. The number of anilines is 2. The standard InChI is InChI=1S/C38H33N3/c1-26-9-8-14-34-27(2)37-33(20-15-26)38-29(22-24-40(38)30-11-4-3-5-12-30)25-36(37)41(34)32-18-16-31(17-19-32)39-23-21-28-10-6-7-13-35(28)39/h3-5,7-9,11-27H,6,10H2,1-2H3/b9-8-,20-15-,34-14?. The first-order chi connectivity index (χ1) is 20.2. The summed E-state index contributed by atoms with van der Waals surface area (Å²) in [5.74, 6) is 0.604. The monoisotopic (exact) mass is 531 g/mol. The van der Waals surface area contributed by atoms with Crippen LogP contribution in [0.1, 0.15) is 48.6 Å². The molecule has 8 rings (SSSR count). The molecule has 2 unspecified atom stereocenters. The molecule has 0 radical (unpaired) electrons. The molecule has 0 amide bonds. The van der Waals surface area contributed by atoms with E-state index in [9.17, 15) is 0 Å². The van der Waals surface area contributed by atoms with Crippen molar-refractivity contribution in [2.24, 2.45) is 5.92 Å². The molecule has 2 aromatic heterocycles. The summed E-state index contributed by atoms with van der Waals surface area (Å²) in [5, 5.41) is 1.26. The molecule has 3 nitrogen and oxygen atoms in total. The van der Waals surface area contributed by atoms with Gasteiger partial charge in [-0.05, 0) is 96.6 Å². The van der Waals surface area contributed by atoms with Gasteiger partial charge in [0, 0.05) is 57.7 Å². The van der Waals surface area contributed by atoms with Gasteiger partial charge in [0.05, 0.1) is 11.2 Å². The SMILES string of the molecule is CC1/C=C\C=C2C(C)c3c(cc4ccn(-c5ccccc5)c4c3/C=C\1)N2c1ccc(-n2ccc3c2C=CCC3)cc1. The Labute approximate surface area is 241 Å². The second-order valence-electron chi connectivity index (χ2n) is 11.5. The molecule has 0 saturated carbocycles. The Hall–Kier alpha value is -4.76. The molecule has 200 valence electrons. The molecular formula is C38H33N3. The lowest BCUT2D eigenvalue weighted by atomic mass is 9.91. The number of hydrogen-bond acceptors (Lipinski definition) is 1.